The summed E-state index contributed by atoms with van der Waals surface area (Å²) in [6, 6.07) is 9.89. The number of carbonyl (C=O) groups is 2. The van der Waals surface area contributed by atoms with Gasteiger partial charge in [0.15, 0.2) is 0 Å². The molecule has 0 spiro atoms. The molecule has 0 aliphatic heterocycles. The summed E-state index contributed by atoms with van der Waals surface area (Å²) in [5, 5.41) is 3.29. The van der Waals surface area contributed by atoms with Crippen LogP contribution < -0.4 is 5.32 Å². The van der Waals surface area contributed by atoms with Crippen molar-refractivity contribution in [2.75, 3.05) is 5.75 Å². The number of amides is 1. The molecule has 118 valence electrons. The van der Waals surface area contributed by atoms with Crippen molar-refractivity contribution in [2.45, 2.75) is 38.6 Å². The maximum atomic E-state index is 12.2. The summed E-state index contributed by atoms with van der Waals surface area (Å²) < 4.78 is 0. The van der Waals surface area contributed by atoms with Crippen LogP contribution in [0.5, 0.6) is 0 Å². The van der Waals surface area contributed by atoms with Crippen molar-refractivity contribution >= 4 is 22.8 Å². The average molecular weight is 317 g/mol. The van der Waals surface area contributed by atoms with Gasteiger partial charge in [-0.05, 0) is 43.4 Å². The van der Waals surface area contributed by atoms with E-state index in [0.717, 1.165) is 17.7 Å². The number of carbonyl (C=O) groups excluding carboxylic acids is 2. The van der Waals surface area contributed by atoms with Crippen LogP contribution in [0.3, 0.4) is 0 Å². The molecule has 0 aromatic heterocycles. The van der Waals surface area contributed by atoms with Crippen LogP contribution in [0.2, 0.25) is 0 Å². The SMILES string of the molecule is CC(=O)NC1CCC2C(CSC(=O)c3ccccc3)CCC12. The molecule has 0 heterocycles. The zero-order valence-corrected chi connectivity index (χ0v) is 13.8. The third-order valence-electron chi connectivity index (χ3n) is 5.18. The molecule has 3 nitrogen and oxygen atoms in total. The van der Waals surface area contributed by atoms with E-state index in [1.807, 2.05) is 30.3 Å². The van der Waals surface area contributed by atoms with Crippen LogP contribution in [0.1, 0.15) is 43.0 Å². The van der Waals surface area contributed by atoms with Gasteiger partial charge in [-0.2, -0.15) is 0 Å². The smallest absolute Gasteiger partial charge is 0.219 e. The molecule has 2 aliphatic carbocycles. The number of benzene rings is 1. The number of fused-ring (bicyclic) bond motifs is 1. The molecule has 1 amide bonds. The first-order valence-corrected chi connectivity index (χ1v) is 9.13. The van der Waals surface area contributed by atoms with Crippen molar-refractivity contribution in [1.82, 2.24) is 5.32 Å². The Morgan fingerprint density at radius 1 is 1.09 bits per heavy atom. The Morgan fingerprint density at radius 2 is 1.82 bits per heavy atom. The van der Waals surface area contributed by atoms with E-state index >= 15 is 0 Å². The van der Waals surface area contributed by atoms with Gasteiger partial charge in [0.05, 0.1) is 0 Å². The number of thioether (sulfide) groups is 1. The second kappa shape index (κ2) is 6.86. The van der Waals surface area contributed by atoms with E-state index in [1.165, 1.54) is 31.0 Å². The van der Waals surface area contributed by atoms with Gasteiger partial charge in [0.2, 0.25) is 11.0 Å². The number of hydrogen-bond acceptors (Lipinski definition) is 3. The zero-order chi connectivity index (χ0) is 15.5. The molecule has 3 rings (SSSR count). The highest BCUT2D eigenvalue weighted by molar-refractivity contribution is 8.14. The molecule has 2 saturated carbocycles. The van der Waals surface area contributed by atoms with E-state index in [1.54, 1.807) is 6.92 Å². The molecule has 22 heavy (non-hydrogen) atoms. The molecule has 1 aromatic carbocycles. The van der Waals surface area contributed by atoms with E-state index in [9.17, 15) is 9.59 Å². The molecule has 0 bridgehead atoms. The molecular formula is C18H23NO2S. The van der Waals surface area contributed by atoms with Crippen LogP contribution >= 0.6 is 11.8 Å². The van der Waals surface area contributed by atoms with Gasteiger partial charge in [0.25, 0.3) is 0 Å². The van der Waals surface area contributed by atoms with Crippen molar-refractivity contribution in [2.24, 2.45) is 17.8 Å². The second-order valence-electron chi connectivity index (χ2n) is 6.51. The lowest BCUT2D eigenvalue weighted by Gasteiger charge is -2.21. The van der Waals surface area contributed by atoms with E-state index in [0.29, 0.717) is 23.8 Å². The van der Waals surface area contributed by atoms with Gasteiger partial charge >= 0.3 is 0 Å². The first kappa shape index (κ1) is 15.6. The Bertz CT molecular complexity index is 545. The van der Waals surface area contributed by atoms with Crippen molar-refractivity contribution in [1.29, 1.82) is 0 Å². The summed E-state index contributed by atoms with van der Waals surface area (Å²) >= 11 is 1.46. The number of rotatable bonds is 4. The predicted octanol–water partition coefficient (Wildman–Crippen LogP) is 3.50. The van der Waals surface area contributed by atoms with E-state index in [-0.39, 0.29) is 11.0 Å². The van der Waals surface area contributed by atoms with Crippen molar-refractivity contribution in [3.63, 3.8) is 0 Å². The zero-order valence-electron chi connectivity index (χ0n) is 13.0. The van der Waals surface area contributed by atoms with Gasteiger partial charge in [-0.1, -0.05) is 42.1 Å². The van der Waals surface area contributed by atoms with Crippen LogP contribution in [-0.4, -0.2) is 22.8 Å². The first-order chi connectivity index (χ1) is 10.6. The van der Waals surface area contributed by atoms with Gasteiger partial charge in [0.1, 0.15) is 0 Å². The van der Waals surface area contributed by atoms with Gasteiger partial charge < -0.3 is 5.32 Å². The lowest BCUT2D eigenvalue weighted by molar-refractivity contribution is -0.119. The highest BCUT2D eigenvalue weighted by Crippen LogP contribution is 2.48. The quantitative estimate of drug-likeness (QED) is 0.924. The number of hydrogen-bond donors (Lipinski definition) is 1. The topological polar surface area (TPSA) is 46.2 Å². The third kappa shape index (κ3) is 3.37. The molecule has 0 saturated heterocycles. The predicted molar refractivity (Wildman–Crippen MR) is 89.8 cm³/mol. The molecule has 0 radical (unpaired) electrons. The molecule has 4 atom stereocenters. The van der Waals surface area contributed by atoms with Crippen LogP contribution in [0.25, 0.3) is 0 Å². The fourth-order valence-electron chi connectivity index (χ4n) is 4.21. The molecule has 1 N–H and O–H groups in total. The van der Waals surface area contributed by atoms with Crippen LogP contribution in [0.15, 0.2) is 30.3 Å². The normalized spacial score (nSPS) is 30.0. The summed E-state index contributed by atoms with van der Waals surface area (Å²) in [4.78, 5) is 23.5. The van der Waals surface area contributed by atoms with Crippen molar-refractivity contribution in [3.05, 3.63) is 35.9 Å². The highest BCUT2D eigenvalue weighted by Gasteiger charge is 2.44. The minimum absolute atomic E-state index is 0.0859. The highest BCUT2D eigenvalue weighted by atomic mass is 32.2. The summed E-state index contributed by atoms with van der Waals surface area (Å²) in [6.07, 6.45) is 4.68. The largest absolute Gasteiger partial charge is 0.353 e. The Balaban J connectivity index is 1.53. The fraction of sp³-hybridized carbons (Fsp3) is 0.556. The second-order valence-corrected chi connectivity index (χ2v) is 7.51. The van der Waals surface area contributed by atoms with Crippen molar-refractivity contribution in [3.8, 4) is 0 Å². The average Bonchev–Trinajstić information content (AvgIpc) is 3.09. The Kier molecular flexibility index (Phi) is 4.87. The summed E-state index contributed by atoms with van der Waals surface area (Å²) in [6.45, 7) is 1.61. The van der Waals surface area contributed by atoms with E-state index in [2.05, 4.69) is 5.32 Å². The van der Waals surface area contributed by atoms with Crippen LogP contribution in [-0.2, 0) is 4.79 Å². The van der Waals surface area contributed by atoms with Crippen molar-refractivity contribution < 1.29 is 9.59 Å². The fourth-order valence-corrected chi connectivity index (χ4v) is 5.29. The molecule has 4 heteroatoms. The summed E-state index contributed by atoms with van der Waals surface area (Å²) in [7, 11) is 0. The van der Waals surface area contributed by atoms with Gasteiger partial charge in [-0.15, -0.1) is 0 Å². The van der Waals surface area contributed by atoms with Gasteiger partial charge in [-0.25, -0.2) is 0 Å². The standard InChI is InChI=1S/C18H23NO2S/c1-12(20)19-17-10-9-15-14(7-8-16(15)17)11-22-18(21)13-5-3-2-4-6-13/h2-6,14-17H,7-11H2,1H3,(H,19,20). The molecule has 4 unspecified atom stereocenters. The Labute approximate surface area is 136 Å². The molecule has 1 aromatic rings. The first-order valence-electron chi connectivity index (χ1n) is 8.14. The Morgan fingerprint density at radius 3 is 2.55 bits per heavy atom. The molecular weight excluding hydrogens is 294 g/mol. The van der Waals surface area contributed by atoms with E-state index in [4.69, 9.17) is 0 Å². The van der Waals surface area contributed by atoms with Gasteiger partial charge in [0, 0.05) is 24.3 Å². The van der Waals surface area contributed by atoms with E-state index < -0.39 is 0 Å². The molecule has 2 aliphatic rings. The third-order valence-corrected chi connectivity index (χ3v) is 6.27. The Hall–Kier alpha value is -1.29. The summed E-state index contributed by atoms with van der Waals surface area (Å²) in [5.41, 5.74) is 0.796. The molecule has 2 fully saturated rings. The van der Waals surface area contributed by atoms with Gasteiger partial charge in [-0.3, -0.25) is 9.59 Å². The lowest BCUT2D eigenvalue weighted by atomic mass is 9.92. The van der Waals surface area contributed by atoms with Crippen LogP contribution in [0, 0.1) is 17.8 Å². The maximum Gasteiger partial charge on any atom is 0.219 e. The minimum atomic E-state index is 0.0859. The monoisotopic (exact) mass is 317 g/mol. The lowest BCUT2D eigenvalue weighted by Crippen LogP contribution is -2.36. The summed E-state index contributed by atoms with van der Waals surface area (Å²) in [5.74, 6) is 2.94. The maximum absolute atomic E-state index is 12.2. The minimum Gasteiger partial charge on any atom is -0.353 e. The van der Waals surface area contributed by atoms with Crippen LogP contribution in [0.4, 0.5) is 0 Å². The number of nitrogens with one attached hydrogen (secondary N) is 1.